The largest absolute Gasteiger partial charge is 0.378 e. The maximum Gasteiger partial charge on any atom is 0.293 e. The van der Waals surface area contributed by atoms with Crippen molar-refractivity contribution in [1.82, 2.24) is 35.6 Å². The minimum absolute atomic E-state index is 0.00672. The molecule has 0 aliphatic rings. The number of anilines is 1. The normalized spacial score (nSPS) is 11.3. The van der Waals surface area contributed by atoms with E-state index >= 15 is 0 Å². The fourth-order valence-electron chi connectivity index (χ4n) is 2.40. The molecule has 0 aliphatic carbocycles. The summed E-state index contributed by atoms with van der Waals surface area (Å²) in [4.78, 5) is 24.7. The van der Waals surface area contributed by atoms with E-state index in [0.29, 0.717) is 11.3 Å². The lowest BCUT2D eigenvalue weighted by Crippen LogP contribution is -2.23. The number of hydrogen-bond donors (Lipinski definition) is 2. The summed E-state index contributed by atoms with van der Waals surface area (Å²) in [5, 5.41) is 29.7. The van der Waals surface area contributed by atoms with E-state index in [2.05, 4.69) is 35.8 Å². The highest BCUT2D eigenvalue weighted by Crippen LogP contribution is 2.24. The van der Waals surface area contributed by atoms with Crippen molar-refractivity contribution in [2.24, 2.45) is 5.10 Å². The van der Waals surface area contributed by atoms with Gasteiger partial charge in [0.15, 0.2) is 5.69 Å². The van der Waals surface area contributed by atoms with Crippen LogP contribution in [0.25, 0.3) is 5.82 Å². The Labute approximate surface area is 173 Å². The maximum atomic E-state index is 12.6. The summed E-state index contributed by atoms with van der Waals surface area (Å²) in [6.07, 6.45) is 1.23. The Hall–Kier alpha value is -3.91. The van der Waals surface area contributed by atoms with Gasteiger partial charge in [0.05, 0.1) is 16.8 Å². The highest BCUT2D eigenvalue weighted by Gasteiger charge is 2.24. The first kappa shape index (κ1) is 20.8. The van der Waals surface area contributed by atoms with Crippen LogP contribution in [-0.2, 0) is 6.54 Å². The number of hydrogen-bond acceptors (Lipinski definition) is 11. The number of halogens is 1. The van der Waals surface area contributed by atoms with Crippen molar-refractivity contribution in [2.75, 3.05) is 19.8 Å². The van der Waals surface area contributed by atoms with Crippen LogP contribution < -0.4 is 11.2 Å². The van der Waals surface area contributed by atoms with Gasteiger partial charge in [-0.25, -0.2) is 10.1 Å². The summed E-state index contributed by atoms with van der Waals surface area (Å²) in [6, 6.07) is 4.10. The van der Waals surface area contributed by atoms with Crippen molar-refractivity contribution in [3.8, 4) is 5.82 Å². The summed E-state index contributed by atoms with van der Waals surface area (Å²) in [7, 11) is 3.57. The molecule has 3 rings (SSSR count). The van der Waals surface area contributed by atoms with Crippen LogP contribution in [0, 0.1) is 10.1 Å². The Morgan fingerprint density at radius 3 is 2.87 bits per heavy atom. The van der Waals surface area contributed by atoms with E-state index in [9.17, 15) is 14.9 Å². The zero-order valence-electron chi connectivity index (χ0n) is 15.7. The molecule has 0 aliphatic heterocycles. The minimum Gasteiger partial charge on any atom is -0.378 e. The first-order valence-corrected chi connectivity index (χ1v) is 8.60. The van der Waals surface area contributed by atoms with Gasteiger partial charge in [0.2, 0.25) is 11.6 Å². The fourth-order valence-corrected chi connectivity index (χ4v) is 2.58. The van der Waals surface area contributed by atoms with E-state index in [1.54, 1.807) is 19.0 Å². The van der Waals surface area contributed by atoms with Crippen molar-refractivity contribution >= 4 is 35.2 Å². The number of nitrogen functional groups attached to an aromatic ring is 1. The first-order chi connectivity index (χ1) is 14.3. The number of benzene rings is 1. The molecule has 0 saturated carbocycles. The molecule has 0 atom stereocenters. The summed E-state index contributed by atoms with van der Waals surface area (Å²) in [5.74, 6) is -0.586. The number of nitrogens with two attached hydrogens (primary N) is 1. The van der Waals surface area contributed by atoms with Crippen LogP contribution in [0.1, 0.15) is 21.7 Å². The molecule has 0 radical (unpaired) electrons. The lowest BCUT2D eigenvalue weighted by atomic mass is 10.2. The average Bonchev–Trinajstić information content (AvgIpc) is 3.28. The van der Waals surface area contributed by atoms with Gasteiger partial charge in [-0.1, -0.05) is 22.9 Å². The first-order valence-electron chi connectivity index (χ1n) is 8.23. The molecule has 1 amide bonds. The molecule has 0 fully saturated rings. The standard InChI is InChI=1S/C15H15ClN10O4/c1-24(2)7-11-12(19-23-25(11)14-13(17)21-30-22-14)15(27)20-18-6-8-3-4-9(16)10(5-8)26(28)29/h3-6H,7H2,1-2H3,(H2,17,21)(H,20,27). The molecule has 15 heteroatoms. The van der Waals surface area contributed by atoms with Crippen LogP contribution in [0.3, 0.4) is 0 Å². The Balaban J connectivity index is 1.83. The fraction of sp³-hybridized carbons (Fsp3) is 0.200. The molecular weight excluding hydrogens is 420 g/mol. The molecule has 0 bridgehead atoms. The molecule has 156 valence electrons. The van der Waals surface area contributed by atoms with Crippen molar-refractivity contribution in [2.45, 2.75) is 6.54 Å². The molecule has 1 aromatic carbocycles. The van der Waals surface area contributed by atoms with Crippen molar-refractivity contribution in [3.05, 3.63) is 50.3 Å². The number of nitro groups is 1. The Morgan fingerprint density at radius 1 is 1.47 bits per heavy atom. The highest BCUT2D eigenvalue weighted by atomic mass is 35.5. The monoisotopic (exact) mass is 434 g/mol. The lowest BCUT2D eigenvalue weighted by Gasteiger charge is -2.11. The number of nitrogens with one attached hydrogen (secondary N) is 1. The van der Waals surface area contributed by atoms with E-state index in [1.807, 2.05) is 0 Å². The van der Waals surface area contributed by atoms with Gasteiger partial charge in [-0.2, -0.15) is 9.78 Å². The van der Waals surface area contributed by atoms with Gasteiger partial charge in [0.1, 0.15) is 5.02 Å². The van der Waals surface area contributed by atoms with E-state index < -0.39 is 10.8 Å². The second kappa shape index (κ2) is 8.62. The number of nitrogens with zero attached hydrogens (tertiary/aromatic N) is 8. The molecule has 2 heterocycles. The van der Waals surface area contributed by atoms with E-state index in [1.165, 1.54) is 29.1 Å². The van der Waals surface area contributed by atoms with Gasteiger partial charge in [-0.15, -0.1) is 5.10 Å². The number of nitro benzene ring substituents is 1. The summed E-state index contributed by atoms with van der Waals surface area (Å²) >= 11 is 5.77. The van der Waals surface area contributed by atoms with Gasteiger partial charge in [0, 0.05) is 18.2 Å². The summed E-state index contributed by atoms with van der Waals surface area (Å²) < 4.78 is 5.81. The third-order valence-corrected chi connectivity index (χ3v) is 4.01. The van der Waals surface area contributed by atoms with Crippen LogP contribution in [0.15, 0.2) is 27.9 Å². The summed E-state index contributed by atoms with van der Waals surface area (Å²) in [5.41, 5.74) is 8.43. The van der Waals surface area contributed by atoms with E-state index in [4.69, 9.17) is 17.3 Å². The second-order valence-corrected chi connectivity index (χ2v) is 6.58. The van der Waals surface area contributed by atoms with Gasteiger partial charge in [-0.3, -0.25) is 14.9 Å². The topological polar surface area (TPSA) is 183 Å². The number of rotatable bonds is 7. The number of hydrazone groups is 1. The Bertz CT molecular complexity index is 1120. The predicted molar refractivity (Wildman–Crippen MR) is 104 cm³/mol. The van der Waals surface area contributed by atoms with Crippen molar-refractivity contribution in [3.63, 3.8) is 0 Å². The predicted octanol–water partition coefficient (Wildman–Crippen LogP) is 0.620. The maximum absolute atomic E-state index is 12.6. The van der Waals surface area contributed by atoms with Crippen LogP contribution in [0.2, 0.25) is 5.02 Å². The number of carbonyl (C=O) groups is 1. The Morgan fingerprint density at radius 2 is 2.23 bits per heavy atom. The molecule has 30 heavy (non-hydrogen) atoms. The number of amides is 1. The van der Waals surface area contributed by atoms with Crippen molar-refractivity contribution < 1.29 is 14.3 Å². The third-order valence-electron chi connectivity index (χ3n) is 3.69. The zero-order chi connectivity index (χ0) is 21.8. The van der Waals surface area contributed by atoms with Gasteiger partial charge < -0.3 is 10.6 Å². The smallest absolute Gasteiger partial charge is 0.293 e. The third kappa shape index (κ3) is 4.39. The van der Waals surface area contributed by atoms with Gasteiger partial charge in [0.25, 0.3) is 11.6 Å². The van der Waals surface area contributed by atoms with Gasteiger partial charge in [-0.05, 0) is 30.5 Å². The molecule has 14 nitrogen and oxygen atoms in total. The quantitative estimate of drug-likeness (QED) is 0.303. The van der Waals surface area contributed by atoms with Crippen LogP contribution >= 0.6 is 11.6 Å². The zero-order valence-corrected chi connectivity index (χ0v) is 16.4. The van der Waals surface area contributed by atoms with Crippen LogP contribution in [-0.4, -0.2) is 61.3 Å². The number of aromatic nitrogens is 5. The second-order valence-electron chi connectivity index (χ2n) is 6.17. The molecule has 3 N–H and O–H groups in total. The van der Waals surface area contributed by atoms with Crippen LogP contribution in [0.5, 0.6) is 0 Å². The highest BCUT2D eigenvalue weighted by molar-refractivity contribution is 6.32. The molecule has 0 saturated heterocycles. The minimum atomic E-state index is -0.659. The van der Waals surface area contributed by atoms with E-state index in [-0.39, 0.29) is 34.6 Å². The Kier molecular flexibility index (Phi) is 5.98. The average molecular weight is 435 g/mol. The molecule has 3 aromatic rings. The van der Waals surface area contributed by atoms with Gasteiger partial charge >= 0.3 is 0 Å². The van der Waals surface area contributed by atoms with Crippen LogP contribution in [0.4, 0.5) is 11.5 Å². The summed E-state index contributed by atoms with van der Waals surface area (Å²) in [6.45, 7) is 0.273. The van der Waals surface area contributed by atoms with Crippen molar-refractivity contribution in [1.29, 1.82) is 0 Å². The molecular formula is C15H15ClN10O4. The SMILES string of the molecule is CN(C)Cc1c(C(=O)NN=Cc2ccc(Cl)c([N+](=O)[O-])c2)nnn1-c1nonc1N. The molecule has 0 spiro atoms. The molecule has 2 aromatic heterocycles. The molecule has 0 unspecified atom stereocenters. The number of carbonyl (C=O) groups excluding carboxylic acids is 1. The lowest BCUT2D eigenvalue weighted by molar-refractivity contribution is -0.384. The van der Waals surface area contributed by atoms with E-state index in [0.717, 1.165) is 0 Å².